The Morgan fingerprint density at radius 3 is 1.88 bits per heavy atom. The molecule has 16 heavy (non-hydrogen) atoms. The van der Waals surface area contributed by atoms with Gasteiger partial charge in [-0.1, -0.05) is 18.2 Å². The van der Waals surface area contributed by atoms with Crippen LogP contribution >= 0.6 is 0 Å². The molecule has 2 aromatic carbocycles. The third kappa shape index (κ3) is 7.32. The van der Waals surface area contributed by atoms with E-state index in [1.165, 1.54) is 0 Å². The average Bonchev–Trinajstić information content (AvgIpc) is 2.34. The van der Waals surface area contributed by atoms with Crippen molar-refractivity contribution in [1.82, 2.24) is 0 Å². The molecule has 0 aliphatic carbocycles. The van der Waals surface area contributed by atoms with E-state index in [0.717, 1.165) is 5.69 Å². The Morgan fingerprint density at radius 2 is 1.50 bits per heavy atom. The maximum Gasteiger partial charge on any atom is 0.0692 e. The quantitative estimate of drug-likeness (QED) is 0.667. The normalized spacial score (nSPS) is 7.75. The molecule has 2 rings (SSSR count). The summed E-state index contributed by atoms with van der Waals surface area (Å²) >= 11 is 0. The van der Waals surface area contributed by atoms with Gasteiger partial charge in [-0.2, -0.15) is 36.4 Å². The molecular weight excluding hydrogens is 275 g/mol. The van der Waals surface area contributed by atoms with E-state index >= 15 is 0 Å². The molecule has 1 radical (unpaired) electrons. The summed E-state index contributed by atoms with van der Waals surface area (Å²) in [6, 6.07) is 21.7. The first kappa shape index (κ1) is 15.0. The summed E-state index contributed by atoms with van der Waals surface area (Å²) in [7, 11) is 0. The average molecular weight is 286 g/mol. The first-order valence-electron chi connectivity index (χ1n) is 4.53. The summed E-state index contributed by atoms with van der Waals surface area (Å²) < 4.78 is 0. The first-order chi connectivity index (χ1) is 7.43. The molecule has 2 nitrogen and oxygen atoms in total. The Balaban J connectivity index is 0.000000283. The van der Waals surface area contributed by atoms with Gasteiger partial charge in [-0.15, -0.1) is 17.8 Å². The number of benzene rings is 2. The number of amides is 1. The predicted molar refractivity (Wildman–Crippen MR) is 61.0 cm³/mol. The predicted octanol–water partition coefficient (Wildman–Crippen LogP) is 2.65. The number of carbonyl (C=O) groups excluding carboxylic acids is 1. The van der Waals surface area contributed by atoms with E-state index in [1.54, 1.807) is 18.5 Å². The third-order valence-corrected chi connectivity index (χ3v) is 1.58. The zero-order chi connectivity index (χ0) is 10.8. The summed E-state index contributed by atoms with van der Waals surface area (Å²) in [5.41, 5.74) is 0.771. The number of anilines is 1. The van der Waals surface area contributed by atoms with Crippen LogP contribution in [-0.2, 0) is 37.5 Å². The number of para-hydroxylation sites is 1. The fourth-order valence-electron chi connectivity index (χ4n) is 0.922. The van der Waals surface area contributed by atoms with Crippen molar-refractivity contribution in [3.8, 4) is 0 Å². The molecule has 79 valence electrons. The molecule has 0 spiro atoms. The van der Waals surface area contributed by atoms with Crippen molar-refractivity contribution < 1.29 is 37.5 Å². The van der Waals surface area contributed by atoms with E-state index in [9.17, 15) is 4.79 Å². The molecule has 0 aliphatic rings. The molecule has 1 N–H and O–H groups in total. The van der Waals surface area contributed by atoms with Crippen LogP contribution in [0.2, 0.25) is 0 Å². The summed E-state index contributed by atoms with van der Waals surface area (Å²) in [6.45, 7) is 0. The Morgan fingerprint density at radius 1 is 0.938 bits per heavy atom. The molecule has 0 bridgehead atoms. The van der Waals surface area contributed by atoms with Crippen molar-refractivity contribution in [2.24, 2.45) is 0 Å². The summed E-state index contributed by atoms with van der Waals surface area (Å²) in [5, 5.41) is 2.40. The number of hydrogen-bond donors (Lipinski definition) is 1. The maximum atomic E-state index is 9.74. The monoisotopic (exact) mass is 286 g/mol. The van der Waals surface area contributed by atoms with E-state index in [-0.39, 0.29) is 32.7 Å². The van der Waals surface area contributed by atoms with Crippen molar-refractivity contribution in [1.29, 1.82) is 0 Å². The fourth-order valence-corrected chi connectivity index (χ4v) is 0.922. The molecule has 2 aromatic rings. The minimum Gasteiger partial charge on any atom is -0.490 e. The van der Waals surface area contributed by atoms with Gasteiger partial charge < -0.3 is 10.1 Å². The van der Waals surface area contributed by atoms with Crippen LogP contribution in [0.3, 0.4) is 0 Å². The van der Waals surface area contributed by atoms with Crippen molar-refractivity contribution in [2.45, 2.75) is 0 Å². The smallest absolute Gasteiger partial charge is 0.0692 e. The topological polar surface area (TPSA) is 29.1 Å². The summed E-state index contributed by atoms with van der Waals surface area (Å²) in [6.07, 6.45) is 1.58. The number of nitrogens with one attached hydrogen (secondary N) is 1. The summed E-state index contributed by atoms with van der Waals surface area (Å²) in [5.74, 6) is 0. The van der Waals surface area contributed by atoms with Gasteiger partial charge in [0, 0.05) is 32.7 Å². The van der Waals surface area contributed by atoms with E-state index in [2.05, 4.69) is 11.4 Å². The van der Waals surface area contributed by atoms with Gasteiger partial charge >= 0.3 is 0 Å². The molecule has 0 aliphatic heterocycles. The van der Waals surface area contributed by atoms with Crippen LogP contribution in [0.15, 0.2) is 60.7 Å². The zero-order valence-electron chi connectivity index (χ0n) is 8.76. The van der Waals surface area contributed by atoms with Crippen LogP contribution in [0.4, 0.5) is 5.69 Å². The van der Waals surface area contributed by atoms with Gasteiger partial charge in [0.05, 0.1) is 6.41 Å². The second-order valence-electron chi connectivity index (χ2n) is 2.67. The van der Waals surface area contributed by atoms with Crippen LogP contribution in [0.1, 0.15) is 0 Å². The van der Waals surface area contributed by atoms with Gasteiger partial charge in [-0.25, -0.2) is 0 Å². The van der Waals surface area contributed by atoms with Crippen LogP contribution in [0.25, 0.3) is 0 Å². The standard InChI is InChI=1S/C7H6NO.C6H5.Y/c9-6-8-7-4-2-1-3-5-7;1-2-4-6-5-3-1;/h1-5H,(H,8,9);1-5H;/q2*-1;. The summed E-state index contributed by atoms with van der Waals surface area (Å²) in [4.78, 5) is 9.74. The second-order valence-corrected chi connectivity index (χ2v) is 2.67. The van der Waals surface area contributed by atoms with Gasteiger partial charge in [0.1, 0.15) is 0 Å². The molecule has 0 saturated heterocycles. The third-order valence-electron chi connectivity index (χ3n) is 1.58. The largest absolute Gasteiger partial charge is 0.490 e. The molecule has 0 saturated carbocycles. The van der Waals surface area contributed by atoms with Crippen LogP contribution in [-0.4, -0.2) is 6.41 Å². The molecule has 0 fully saturated rings. The Labute approximate surface area is 121 Å². The van der Waals surface area contributed by atoms with Crippen LogP contribution in [0.5, 0.6) is 0 Å². The van der Waals surface area contributed by atoms with E-state index in [0.29, 0.717) is 0 Å². The van der Waals surface area contributed by atoms with E-state index < -0.39 is 0 Å². The minimum atomic E-state index is 0. The van der Waals surface area contributed by atoms with Crippen LogP contribution in [0, 0.1) is 6.07 Å². The van der Waals surface area contributed by atoms with E-state index in [4.69, 9.17) is 0 Å². The van der Waals surface area contributed by atoms with Crippen molar-refractivity contribution in [2.75, 3.05) is 5.32 Å². The first-order valence-corrected chi connectivity index (χ1v) is 4.53. The molecular formula is C13H11NOY-2. The maximum absolute atomic E-state index is 9.74. The SMILES string of the molecule is O=[C-]Nc1ccccc1.[Y].[c-]1ccccc1. The second kappa shape index (κ2) is 10.5. The molecule has 3 heteroatoms. The Hall–Kier alpha value is -0.986. The fraction of sp³-hybridized carbons (Fsp3) is 0. The van der Waals surface area contributed by atoms with Crippen LogP contribution < -0.4 is 5.32 Å². The van der Waals surface area contributed by atoms with Crippen molar-refractivity contribution >= 4 is 12.1 Å². The van der Waals surface area contributed by atoms with Crippen molar-refractivity contribution in [3.05, 3.63) is 66.7 Å². The van der Waals surface area contributed by atoms with E-state index in [1.807, 2.05) is 48.5 Å². The molecule has 0 aromatic heterocycles. The molecule has 0 atom stereocenters. The van der Waals surface area contributed by atoms with Gasteiger partial charge in [0.15, 0.2) is 0 Å². The van der Waals surface area contributed by atoms with Gasteiger partial charge in [0.2, 0.25) is 0 Å². The van der Waals surface area contributed by atoms with Gasteiger partial charge in [0.25, 0.3) is 0 Å². The Kier molecular flexibility index (Phi) is 9.88. The Bertz CT molecular complexity index is 337. The molecule has 0 heterocycles. The molecule has 0 unspecified atom stereocenters. The van der Waals surface area contributed by atoms with Crippen molar-refractivity contribution in [3.63, 3.8) is 0 Å². The van der Waals surface area contributed by atoms with Gasteiger partial charge in [-0.05, 0) is 0 Å². The zero-order valence-corrected chi connectivity index (χ0v) is 11.6. The number of rotatable bonds is 2. The molecule has 1 amide bonds. The minimum absolute atomic E-state index is 0. The van der Waals surface area contributed by atoms with Gasteiger partial charge in [-0.3, -0.25) is 0 Å². The number of hydrogen-bond acceptors (Lipinski definition) is 1.